The summed E-state index contributed by atoms with van der Waals surface area (Å²) in [4.78, 5) is 23.8. The van der Waals surface area contributed by atoms with Gasteiger partial charge < -0.3 is 4.90 Å². The van der Waals surface area contributed by atoms with E-state index in [-0.39, 0.29) is 5.91 Å². The molecule has 1 aliphatic heterocycles. The molecule has 138 valence electrons. The standard InChI is InChI=1S/C20H22N6O/c27-20(16-4-1-5-17-19(16)22-9-8-21-17)25-10-2-3-14(11-25)12-26-13-18(23-24-26)15-6-7-15/h1,4-5,8-9,13-15H,2-3,6-7,10-12H2/t14-/m0/s1. The molecule has 1 aliphatic carbocycles. The van der Waals surface area contributed by atoms with Crippen LogP contribution in [-0.4, -0.2) is 48.9 Å². The van der Waals surface area contributed by atoms with Crippen LogP contribution in [0.4, 0.5) is 0 Å². The quantitative estimate of drug-likeness (QED) is 0.713. The van der Waals surface area contributed by atoms with Gasteiger partial charge in [-0.2, -0.15) is 0 Å². The molecule has 0 radical (unpaired) electrons. The van der Waals surface area contributed by atoms with Crippen molar-refractivity contribution in [3.05, 3.63) is 48.0 Å². The van der Waals surface area contributed by atoms with Crippen molar-refractivity contribution in [2.45, 2.75) is 38.1 Å². The van der Waals surface area contributed by atoms with E-state index in [9.17, 15) is 4.79 Å². The summed E-state index contributed by atoms with van der Waals surface area (Å²) in [6, 6.07) is 5.61. The molecular weight excluding hydrogens is 340 g/mol. The van der Waals surface area contributed by atoms with E-state index in [0.29, 0.717) is 22.9 Å². The molecule has 1 saturated heterocycles. The van der Waals surface area contributed by atoms with E-state index < -0.39 is 0 Å². The Morgan fingerprint density at radius 3 is 2.93 bits per heavy atom. The molecule has 27 heavy (non-hydrogen) atoms. The smallest absolute Gasteiger partial charge is 0.256 e. The summed E-state index contributed by atoms with van der Waals surface area (Å²) in [5.74, 6) is 1.07. The number of piperidine rings is 1. The highest BCUT2D eigenvalue weighted by molar-refractivity contribution is 6.04. The molecule has 1 amide bonds. The SMILES string of the molecule is O=C(c1cccc2nccnc12)N1CCC[C@H](Cn2cc(C3CC3)nn2)C1. The number of carbonyl (C=O) groups excluding carboxylic acids is 1. The van der Waals surface area contributed by atoms with E-state index in [2.05, 4.69) is 26.5 Å². The van der Waals surface area contributed by atoms with Crippen molar-refractivity contribution in [1.82, 2.24) is 29.9 Å². The number of hydrogen-bond acceptors (Lipinski definition) is 5. The van der Waals surface area contributed by atoms with Crippen LogP contribution in [0.2, 0.25) is 0 Å². The van der Waals surface area contributed by atoms with Crippen LogP contribution >= 0.6 is 0 Å². The Morgan fingerprint density at radius 2 is 2.04 bits per heavy atom. The lowest BCUT2D eigenvalue weighted by Gasteiger charge is -2.32. The lowest BCUT2D eigenvalue weighted by Crippen LogP contribution is -2.41. The van der Waals surface area contributed by atoms with E-state index in [4.69, 9.17) is 0 Å². The summed E-state index contributed by atoms with van der Waals surface area (Å²) >= 11 is 0. The molecule has 0 bridgehead atoms. The van der Waals surface area contributed by atoms with Gasteiger partial charge in [-0.25, -0.2) is 0 Å². The van der Waals surface area contributed by atoms with Crippen molar-refractivity contribution in [3.8, 4) is 0 Å². The monoisotopic (exact) mass is 362 g/mol. The third-order valence-electron chi connectivity index (χ3n) is 5.53. The zero-order valence-electron chi connectivity index (χ0n) is 15.2. The highest BCUT2D eigenvalue weighted by atomic mass is 16.2. The van der Waals surface area contributed by atoms with Crippen molar-refractivity contribution in [2.24, 2.45) is 5.92 Å². The van der Waals surface area contributed by atoms with E-state index in [1.807, 2.05) is 27.8 Å². The summed E-state index contributed by atoms with van der Waals surface area (Å²) in [6.45, 7) is 2.35. The van der Waals surface area contributed by atoms with Gasteiger partial charge in [0.05, 0.1) is 16.8 Å². The Hall–Kier alpha value is -2.83. The normalized spacial score (nSPS) is 20.1. The second-order valence-corrected chi connectivity index (χ2v) is 7.63. The van der Waals surface area contributed by atoms with Gasteiger partial charge in [0, 0.05) is 44.1 Å². The lowest BCUT2D eigenvalue weighted by atomic mass is 9.97. The Labute approximate surface area is 157 Å². The average Bonchev–Trinajstić information content (AvgIpc) is 3.47. The van der Waals surface area contributed by atoms with Gasteiger partial charge in [0.15, 0.2) is 0 Å². The van der Waals surface area contributed by atoms with Crippen molar-refractivity contribution in [2.75, 3.05) is 13.1 Å². The largest absolute Gasteiger partial charge is 0.338 e. The van der Waals surface area contributed by atoms with Gasteiger partial charge in [-0.05, 0) is 43.7 Å². The summed E-state index contributed by atoms with van der Waals surface area (Å²) in [5.41, 5.74) is 3.19. The van der Waals surface area contributed by atoms with Gasteiger partial charge in [-0.1, -0.05) is 11.3 Å². The van der Waals surface area contributed by atoms with Crippen LogP contribution in [0.5, 0.6) is 0 Å². The molecule has 2 fully saturated rings. The van der Waals surface area contributed by atoms with Crippen molar-refractivity contribution in [3.63, 3.8) is 0 Å². The first kappa shape index (κ1) is 16.4. The first-order valence-corrected chi connectivity index (χ1v) is 9.67. The highest BCUT2D eigenvalue weighted by Crippen LogP contribution is 2.38. The number of amides is 1. The Kier molecular flexibility index (Phi) is 4.07. The predicted molar refractivity (Wildman–Crippen MR) is 100 cm³/mol. The minimum absolute atomic E-state index is 0.0445. The Morgan fingerprint density at radius 1 is 1.15 bits per heavy atom. The predicted octanol–water partition coefficient (Wildman–Crippen LogP) is 2.65. The number of carbonyl (C=O) groups is 1. The molecule has 3 aromatic rings. The molecular formula is C20H22N6O. The fourth-order valence-electron chi connectivity index (χ4n) is 3.97. The molecule has 0 spiro atoms. The fraction of sp³-hybridized carbons (Fsp3) is 0.450. The van der Waals surface area contributed by atoms with E-state index >= 15 is 0 Å². The molecule has 2 aliphatic rings. The number of para-hydroxylation sites is 1. The first-order chi connectivity index (χ1) is 13.3. The molecule has 2 aromatic heterocycles. The second-order valence-electron chi connectivity index (χ2n) is 7.63. The highest BCUT2D eigenvalue weighted by Gasteiger charge is 2.28. The van der Waals surface area contributed by atoms with Crippen LogP contribution in [0.3, 0.4) is 0 Å². The molecule has 1 saturated carbocycles. The molecule has 3 heterocycles. The number of likely N-dealkylation sites (tertiary alicyclic amines) is 1. The van der Waals surface area contributed by atoms with Crippen LogP contribution in [0, 0.1) is 5.92 Å². The molecule has 0 unspecified atom stereocenters. The fourth-order valence-corrected chi connectivity index (χ4v) is 3.97. The van der Waals surface area contributed by atoms with E-state index in [0.717, 1.165) is 43.7 Å². The van der Waals surface area contributed by atoms with E-state index in [1.54, 1.807) is 12.4 Å². The van der Waals surface area contributed by atoms with E-state index in [1.165, 1.54) is 12.8 Å². The van der Waals surface area contributed by atoms with Crippen LogP contribution < -0.4 is 0 Å². The molecule has 5 rings (SSSR count). The molecule has 7 nitrogen and oxygen atoms in total. The zero-order chi connectivity index (χ0) is 18.2. The zero-order valence-corrected chi connectivity index (χ0v) is 15.2. The molecule has 1 atom stereocenters. The number of benzene rings is 1. The first-order valence-electron chi connectivity index (χ1n) is 9.67. The van der Waals surface area contributed by atoms with Gasteiger partial charge in [0.2, 0.25) is 0 Å². The molecule has 1 aromatic carbocycles. The summed E-state index contributed by atoms with van der Waals surface area (Å²) in [5, 5.41) is 8.58. The molecule has 7 heteroatoms. The number of hydrogen-bond donors (Lipinski definition) is 0. The van der Waals surface area contributed by atoms with Gasteiger partial charge in [-0.15, -0.1) is 5.10 Å². The van der Waals surface area contributed by atoms with Crippen LogP contribution in [-0.2, 0) is 6.54 Å². The van der Waals surface area contributed by atoms with Crippen molar-refractivity contribution in [1.29, 1.82) is 0 Å². The third-order valence-corrected chi connectivity index (χ3v) is 5.53. The summed E-state index contributed by atoms with van der Waals surface area (Å²) < 4.78 is 1.95. The maximum absolute atomic E-state index is 13.1. The van der Waals surface area contributed by atoms with Crippen LogP contribution in [0.15, 0.2) is 36.8 Å². The number of aromatic nitrogens is 5. The maximum Gasteiger partial charge on any atom is 0.256 e. The summed E-state index contributed by atoms with van der Waals surface area (Å²) in [6.07, 6.45) is 9.96. The minimum Gasteiger partial charge on any atom is -0.338 e. The number of fused-ring (bicyclic) bond motifs is 1. The van der Waals surface area contributed by atoms with Crippen LogP contribution in [0.1, 0.15) is 47.7 Å². The number of nitrogens with zero attached hydrogens (tertiary/aromatic N) is 6. The van der Waals surface area contributed by atoms with Gasteiger partial charge in [-0.3, -0.25) is 19.4 Å². The maximum atomic E-state index is 13.1. The topological polar surface area (TPSA) is 76.8 Å². The number of rotatable bonds is 4. The third kappa shape index (κ3) is 3.29. The minimum atomic E-state index is 0.0445. The van der Waals surface area contributed by atoms with Crippen molar-refractivity contribution >= 4 is 16.9 Å². The Balaban J connectivity index is 1.31. The summed E-state index contributed by atoms with van der Waals surface area (Å²) in [7, 11) is 0. The molecule has 0 N–H and O–H groups in total. The Bertz CT molecular complexity index is 974. The second kappa shape index (κ2) is 6.72. The average molecular weight is 362 g/mol. The van der Waals surface area contributed by atoms with Crippen LogP contribution in [0.25, 0.3) is 11.0 Å². The van der Waals surface area contributed by atoms with Gasteiger partial charge in [0.1, 0.15) is 5.52 Å². The van der Waals surface area contributed by atoms with Gasteiger partial charge in [0.25, 0.3) is 5.91 Å². The van der Waals surface area contributed by atoms with Crippen molar-refractivity contribution < 1.29 is 4.79 Å². The van der Waals surface area contributed by atoms with Gasteiger partial charge >= 0.3 is 0 Å². The lowest BCUT2D eigenvalue weighted by molar-refractivity contribution is 0.0661.